The predicted octanol–water partition coefficient (Wildman–Crippen LogP) is 2.41. The lowest BCUT2D eigenvalue weighted by molar-refractivity contribution is -0.120. The third-order valence-corrected chi connectivity index (χ3v) is 6.83. The molecule has 3 N–H and O–H groups in total. The number of benzene rings is 1. The van der Waals surface area contributed by atoms with Gasteiger partial charge < -0.3 is 15.4 Å². The highest BCUT2D eigenvalue weighted by molar-refractivity contribution is 5.96. The molecule has 0 saturated heterocycles. The van der Waals surface area contributed by atoms with Crippen molar-refractivity contribution in [2.24, 2.45) is 5.92 Å². The summed E-state index contributed by atoms with van der Waals surface area (Å²) in [6, 6.07) is 10.9. The Balaban J connectivity index is 1.75. The van der Waals surface area contributed by atoms with Gasteiger partial charge in [-0.1, -0.05) is 44.2 Å². The molecule has 192 valence electrons. The molecule has 9 nitrogen and oxygen atoms in total. The molecule has 0 unspecified atom stereocenters. The van der Waals surface area contributed by atoms with Crippen LogP contribution in [0, 0.1) is 5.92 Å². The van der Waals surface area contributed by atoms with Crippen LogP contribution in [0.5, 0.6) is 0 Å². The van der Waals surface area contributed by atoms with Crippen molar-refractivity contribution in [3.05, 3.63) is 56.7 Å². The number of H-pyrrole nitrogens is 1. The number of nitrogens with two attached hydrogens (primary N) is 1. The van der Waals surface area contributed by atoms with E-state index in [0.717, 1.165) is 25.7 Å². The minimum absolute atomic E-state index is 0.00271. The maximum absolute atomic E-state index is 13.4. The highest BCUT2D eigenvalue weighted by atomic mass is 16.5. The Morgan fingerprint density at radius 1 is 1.17 bits per heavy atom. The quantitative estimate of drug-likeness (QED) is 0.534. The summed E-state index contributed by atoms with van der Waals surface area (Å²) in [6.45, 7) is 4.78. The number of rotatable bonds is 10. The maximum Gasteiger partial charge on any atom is 0.330 e. The van der Waals surface area contributed by atoms with Crippen LogP contribution < -0.4 is 21.9 Å². The lowest BCUT2D eigenvalue weighted by atomic mass is 9.81. The Labute approximate surface area is 206 Å². The molecule has 1 aliphatic rings. The summed E-state index contributed by atoms with van der Waals surface area (Å²) >= 11 is 0. The molecule has 0 spiro atoms. The number of aromatic nitrogens is 2. The molecular formula is C26H39N5O4. The van der Waals surface area contributed by atoms with Gasteiger partial charge in [-0.25, -0.2) is 4.79 Å². The van der Waals surface area contributed by atoms with Crippen molar-refractivity contribution in [3.8, 4) is 0 Å². The first-order chi connectivity index (χ1) is 16.7. The molecule has 1 aromatic heterocycles. The zero-order valence-electron chi connectivity index (χ0n) is 21.3. The molecule has 1 amide bonds. The first kappa shape index (κ1) is 26.7. The molecule has 1 heterocycles. The highest BCUT2D eigenvalue weighted by Crippen LogP contribution is 2.34. The van der Waals surface area contributed by atoms with Crippen LogP contribution in [-0.2, 0) is 16.1 Å². The smallest absolute Gasteiger partial charge is 0.330 e. The summed E-state index contributed by atoms with van der Waals surface area (Å²) in [5, 5.41) is 0. The van der Waals surface area contributed by atoms with Gasteiger partial charge >= 0.3 is 5.69 Å². The molecule has 0 aliphatic heterocycles. The number of hydrogen-bond donors (Lipinski definition) is 2. The van der Waals surface area contributed by atoms with Gasteiger partial charge in [0, 0.05) is 26.2 Å². The van der Waals surface area contributed by atoms with Gasteiger partial charge in [-0.3, -0.25) is 24.0 Å². The first-order valence-electron chi connectivity index (χ1n) is 12.4. The normalized spacial score (nSPS) is 18.2. The van der Waals surface area contributed by atoms with E-state index in [4.69, 9.17) is 10.5 Å². The second kappa shape index (κ2) is 12.2. The Morgan fingerprint density at radius 2 is 1.83 bits per heavy atom. The number of carbonyl (C=O) groups is 1. The zero-order chi connectivity index (χ0) is 25.5. The number of anilines is 2. The second-order valence-corrected chi connectivity index (χ2v) is 9.87. The van der Waals surface area contributed by atoms with E-state index in [1.807, 2.05) is 27.0 Å². The summed E-state index contributed by atoms with van der Waals surface area (Å²) in [5.41, 5.74) is 6.43. The van der Waals surface area contributed by atoms with Crippen LogP contribution in [0.1, 0.15) is 51.0 Å². The number of likely N-dealkylation sites (N-methyl/N-ethyl adjacent to an activating group) is 1. The molecule has 1 aromatic carbocycles. The van der Waals surface area contributed by atoms with Crippen molar-refractivity contribution in [3.63, 3.8) is 0 Å². The summed E-state index contributed by atoms with van der Waals surface area (Å²) in [6.07, 6.45) is 4.16. The van der Waals surface area contributed by atoms with E-state index in [-0.39, 0.29) is 49.1 Å². The topological polar surface area (TPSA) is 114 Å². The van der Waals surface area contributed by atoms with Crippen molar-refractivity contribution >= 4 is 17.4 Å². The fourth-order valence-corrected chi connectivity index (χ4v) is 4.93. The number of amides is 1. The van der Waals surface area contributed by atoms with Crippen LogP contribution in [0.2, 0.25) is 0 Å². The van der Waals surface area contributed by atoms with Gasteiger partial charge in [0.2, 0.25) is 5.91 Å². The molecule has 35 heavy (non-hydrogen) atoms. The van der Waals surface area contributed by atoms with Crippen molar-refractivity contribution < 1.29 is 9.53 Å². The van der Waals surface area contributed by atoms with E-state index in [0.29, 0.717) is 12.5 Å². The lowest BCUT2D eigenvalue weighted by Gasteiger charge is -2.35. The second-order valence-electron chi connectivity index (χ2n) is 9.87. The van der Waals surface area contributed by atoms with Crippen molar-refractivity contribution in [1.29, 1.82) is 0 Å². The summed E-state index contributed by atoms with van der Waals surface area (Å²) in [5.74, 6) is 0.439. The highest BCUT2D eigenvalue weighted by Gasteiger charge is 2.29. The van der Waals surface area contributed by atoms with Gasteiger partial charge in [0.15, 0.2) is 5.69 Å². The summed E-state index contributed by atoms with van der Waals surface area (Å²) in [4.78, 5) is 44.3. The van der Waals surface area contributed by atoms with Gasteiger partial charge in [-0.2, -0.15) is 0 Å². The van der Waals surface area contributed by atoms with Gasteiger partial charge in [0.25, 0.3) is 5.56 Å². The molecule has 0 radical (unpaired) electrons. The minimum atomic E-state index is -0.664. The SMILES string of the molecule is COCCN(C(=O)CN(C)C1CCC(c2ccccc2)CC1)c1c(N)n(CC(C)C)c(=O)[nH]c1=O. The maximum atomic E-state index is 13.4. The van der Waals surface area contributed by atoms with Crippen LogP contribution in [0.25, 0.3) is 0 Å². The number of ether oxygens (including phenoxy) is 1. The molecule has 1 fully saturated rings. The number of nitrogens with one attached hydrogen (secondary N) is 1. The largest absolute Gasteiger partial charge is 0.383 e. The van der Waals surface area contributed by atoms with E-state index in [1.54, 1.807) is 0 Å². The van der Waals surface area contributed by atoms with E-state index >= 15 is 0 Å². The molecule has 1 aliphatic carbocycles. The molecular weight excluding hydrogens is 446 g/mol. The lowest BCUT2D eigenvalue weighted by Crippen LogP contribution is -2.48. The summed E-state index contributed by atoms with van der Waals surface area (Å²) in [7, 11) is 3.49. The number of carbonyl (C=O) groups excluding carboxylic acids is 1. The number of nitrogen functional groups attached to an aromatic ring is 1. The number of hydrogen-bond acceptors (Lipinski definition) is 6. The fourth-order valence-electron chi connectivity index (χ4n) is 4.93. The standard InChI is InChI=1S/C26H39N5O4/c1-18(2)16-31-24(27)23(25(33)28-26(31)34)30(14-15-35-4)22(32)17-29(3)21-12-10-20(11-13-21)19-8-6-5-7-9-19/h5-9,18,20-21H,10-17,27H2,1-4H3,(H,28,33,34). The van der Waals surface area contributed by atoms with Gasteiger partial charge in [0.05, 0.1) is 13.2 Å². The third-order valence-electron chi connectivity index (χ3n) is 6.83. The van der Waals surface area contributed by atoms with Crippen LogP contribution in [-0.4, -0.2) is 60.3 Å². The Hall–Kier alpha value is -2.91. The fraction of sp³-hybridized carbons (Fsp3) is 0.577. The van der Waals surface area contributed by atoms with Crippen LogP contribution in [0.4, 0.5) is 11.5 Å². The van der Waals surface area contributed by atoms with Gasteiger partial charge in [-0.15, -0.1) is 0 Å². The molecule has 3 rings (SSSR count). The number of methoxy groups -OCH3 is 1. The van der Waals surface area contributed by atoms with E-state index in [2.05, 4.69) is 34.1 Å². The summed E-state index contributed by atoms with van der Waals surface area (Å²) < 4.78 is 6.51. The van der Waals surface area contributed by atoms with E-state index in [1.165, 1.54) is 22.1 Å². The van der Waals surface area contributed by atoms with Crippen LogP contribution in [0.3, 0.4) is 0 Å². The Kier molecular flexibility index (Phi) is 9.28. The first-order valence-corrected chi connectivity index (χ1v) is 12.4. The van der Waals surface area contributed by atoms with Crippen LogP contribution >= 0.6 is 0 Å². The molecule has 1 saturated carbocycles. The Morgan fingerprint density at radius 3 is 2.43 bits per heavy atom. The molecule has 0 bridgehead atoms. The van der Waals surface area contributed by atoms with Crippen LogP contribution in [0.15, 0.2) is 39.9 Å². The van der Waals surface area contributed by atoms with Gasteiger partial charge in [0.1, 0.15) is 5.82 Å². The third kappa shape index (κ3) is 6.61. The van der Waals surface area contributed by atoms with Gasteiger partial charge in [-0.05, 0) is 50.1 Å². The predicted molar refractivity (Wildman–Crippen MR) is 139 cm³/mol. The zero-order valence-corrected chi connectivity index (χ0v) is 21.3. The molecule has 9 heteroatoms. The number of nitrogens with zero attached hydrogens (tertiary/aromatic N) is 3. The van der Waals surface area contributed by atoms with E-state index in [9.17, 15) is 14.4 Å². The van der Waals surface area contributed by atoms with Crippen molar-refractivity contribution in [1.82, 2.24) is 14.5 Å². The average molecular weight is 486 g/mol. The van der Waals surface area contributed by atoms with Crippen molar-refractivity contribution in [2.75, 3.05) is 44.5 Å². The monoisotopic (exact) mass is 485 g/mol. The molecule has 2 aromatic rings. The number of aromatic amines is 1. The molecule has 0 atom stereocenters. The Bertz CT molecular complexity index is 1090. The average Bonchev–Trinajstić information content (AvgIpc) is 2.84. The van der Waals surface area contributed by atoms with Crippen molar-refractivity contribution in [2.45, 2.75) is 58.0 Å². The van der Waals surface area contributed by atoms with E-state index < -0.39 is 11.2 Å². The minimum Gasteiger partial charge on any atom is -0.383 e.